The van der Waals surface area contributed by atoms with Gasteiger partial charge in [-0.05, 0) is 25.2 Å². The van der Waals surface area contributed by atoms with Crippen molar-refractivity contribution in [2.24, 2.45) is 11.3 Å². The van der Waals surface area contributed by atoms with Crippen LogP contribution in [0.15, 0.2) is 0 Å². The highest BCUT2D eigenvalue weighted by Crippen LogP contribution is 2.44. The van der Waals surface area contributed by atoms with Crippen LogP contribution < -0.4 is 0 Å². The minimum absolute atomic E-state index is 0.177. The minimum Gasteiger partial charge on any atom is -0.393 e. The van der Waals surface area contributed by atoms with Crippen molar-refractivity contribution in [3.05, 3.63) is 0 Å². The van der Waals surface area contributed by atoms with Gasteiger partial charge in [-0.3, -0.25) is 0 Å². The zero-order valence-corrected chi connectivity index (χ0v) is 7.88. The fraction of sp³-hybridized carbons (Fsp3) is 0.900. The molecular weight excluding hydrogens is 150 g/mol. The molecule has 0 amide bonds. The molecule has 1 fully saturated rings. The van der Waals surface area contributed by atoms with E-state index in [1.165, 1.54) is 0 Å². The third-order valence-electron chi connectivity index (χ3n) is 2.92. The van der Waals surface area contributed by atoms with E-state index in [9.17, 15) is 5.11 Å². The molecule has 0 heterocycles. The van der Waals surface area contributed by atoms with Crippen LogP contribution in [0.4, 0.5) is 0 Å². The Morgan fingerprint density at radius 2 is 2.08 bits per heavy atom. The molecule has 1 rings (SSSR count). The standard InChI is InChI=1S/C10H17NO/c1-8(2)9(12)6-10(7-11)4-3-5-10/h8-9,12H,3-6H2,1-2H3. The van der Waals surface area contributed by atoms with Gasteiger partial charge in [0.25, 0.3) is 0 Å². The van der Waals surface area contributed by atoms with E-state index in [2.05, 4.69) is 6.07 Å². The number of aliphatic hydroxyl groups is 1. The van der Waals surface area contributed by atoms with E-state index in [1.54, 1.807) is 0 Å². The van der Waals surface area contributed by atoms with Crippen molar-refractivity contribution in [1.82, 2.24) is 0 Å². The number of rotatable bonds is 3. The van der Waals surface area contributed by atoms with E-state index in [0.29, 0.717) is 6.42 Å². The molecule has 1 saturated carbocycles. The summed E-state index contributed by atoms with van der Waals surface area (Å²) in [5.74, 6) is 0.274. The van der Waals surface area contributed by atoms with Crippen LogP contribution in [-0.2, 0) is 0 Å². The zero-order chi connectivity index (χ0) is 9.19. The molecule has 1 aliphatic rings. The summed E-state index contributed by atoms with van der Waals surface area (Å²) in [6, 6.07) is 2.34. The largest absolute Gasteiger partial charge is 0.393 e. The van der Waals surface area contributed by atoms with Gasteiger partial charge in [0.2, 0.25) is 0 Å². The van der Waals surface area contributed by atoms with Gasteiger partial charge in [0.1, 0.15) is 0 Å². The molecule has 1 unspecified atom stereocenters. The average molecular weight is 167 g/mol. The molecule has 0 aromatic carbocycles. The van der Waals surface area contributed by atoms with E-state index >= 15 is 0 Å². The number of nitrogens with zero attached hydrogens (tertiary/aromatic N) is 1. The molecule has 0 aliphatic heterocycles. The molecule has 68 valence electrons. The number of hydrogen-bond donors (Lipinski definition) is 1. The molecule has 0 saturated heterocycles. The summed E-state index contributed by atoms with van der Waals surface area (Å²) >= 11 is 0. The van der Waals surface area contributed by atoms with Crippen LogP contribution in [0, 0.1) is 22.7 Å². The maximum Gasteiger partial charge on any atom is 0.0690 e. The molecule has 2 heteroatoms. The quantitative estimate of drug-likeness (QED) is 0.699. The second-order valence-electron chi connectivity index (χ2n) is 4.26. The highest BCUT2D eigenvalue weighted by atomic mass is 16.3. The first-order valence-electron chi connectivity index (χ1n) is 4.69. The van der Waals surface area contributed by atoms with E-state index in [1.807, 2.05) is 13.8 Å². The smallest absolute Gasteiger partial charge is 0.0690 e. The van der Waals surface area contributed by atoms with E-state index in [4.69, 9.17) is 5.26 Å². The van der Waals surface area contributed by atoms with Crippen molar-refractivity contribution in [2.75, 3.05) is 0 Å². The third kappa shape index (κ3) is 1.78. The van der Waals surface area contributed by atoms with Crippen molar-refractivity contribution >= 4 is 0 Å². The van der Waals surface area contributed by atoms with Gasteiger partial charge in [0.05, 0.1) is 17.6 Å². The summed E-state index contributed by atoms with van der Waals surface area (Å²) in [5, 5.41) is 18.5. The maximum atomic E-state index is 9.61. The highest BCUT2D eigenvalue weighted by Gasteiger charge is 2.39. The minimum atomic E-state index is -0.301. The molecule has 12 heavy (non-hydrogen) atoms. The SMILES string of the molecule is CC(C)C(O)CC1(C#N)CCC1. The number of aliphatic hydroxyl groups excluding tert-OH is 1. The van der Waals surface area contributed by atoms with Gasteiger partial charge >= 0.3 is 0 Å². The lowest BCUT2D eigenvalue weighted by Crippen LogP contribution is -2.33. The molecule has 0 aromatic rings. The van der Waals surface area contributed by atoms with Crippen LogP contribution in [0.25, 0.3) is 0 Å². The summed E-state index contributed by atoms with van der Waals surface area (Å²) in [4.78, 5) is 0. The first-order valence-corrected chi connectivity index (χ1v) is 4.69. The molecule has 2 nitrogen and oxygen atoms in total. The van der Waals surface area contributed by atoms with Gasteiger partial charge < -0.3 is 5.11 Å². The molecule has 1 atom stereocenters. The fourth-order valence-corrected chi connectivity index (χ4v) is 1.60. The lowest BCUT2D eigenvalue weighted by molar-refractivity contribution is 0.0505. The normalized spacial score (nSPS) is 22.9. The Kier molecular flexibility index (Phi) is 2.74. The van der Waals surface area contributed by atoms with E-state index < -0.39 is 0 Å². The summed E-state index contributed by atoms with van der Waals surface area (Å²) in [5.41, 5.74) is -0.177. The van der Waals surface area contributed by atoms with Gasteiger partial charge in [-0.25, -0.2) is 0 Å². The molecule has 0 aromatic heterocycles. The van der Waals surface area contributed by atoms with Gasteiger partial charge in [-0.2, -0.15) is 5.26 Å². The Balaban J connectivity index is 2.44. The van der Waals surface area contributed by atoms with Crippen molar-refractivity contribution < 1.29 is 5.11 Å². The Morgan fingerprint density at radius 3 is 2.33 bits per heavy atom. The first kappa shape index (κ1) is 9.54. The second-order valence-corrected chi connectivity index (χ2v) is 4.26. The lowest BCUT2D eigenvalue weighted by Gasteiger charge is -2.37. The Hall–Kier alpha value is -0.550. The second kappa shape index (κ2) is 3.45. The molecule has 1 aliphatic carbocycles. The predicted octanol–water partition coefficient (Wildman–Crippen LogP) is 2.09. The number of nitriles is 1. The molecule has 0 bridgehead atoms. The molecule has 0 radical (unpaired) electrons. The van der Waals surface area contributed by atoms with Gasteiger partial charge in [-0.15, -0.1) is 0 Å². The van der Waals surface area contributed by atoms with Crippen LogP contribution >= 0.6 is 0 Å². The van der Waals surface area contributed by atoms with Crippen LogP contribution in [0.2, 0.25) is 0 Å². The van der Waals surface area contributed by atoms with Gasteiger partial charge in [0.15, 0.2) is 0 Å². The fourth-order valence-electron chi connectivity index (χ4n) is 1.60. The van der Waals surface area contributed by atoms with Crippen molar-refractivity contribution in [1.29, 1.82) is 5.26 Å². The Labute approximate surface area is 74.2 Å². The highest BCUT2D eigenvalue weighted by molar-refractivity contribution is 5.05. The first-order chi connectivity index (χ1) is 5.59. The van der Waals surface area contributed by atoms with Gasteiger partial charge in [0, 0.05) is 0 Å². The Bertz CT molecular complexity index is 189. The summed E-state index contributed by atoms with van der Waals surface area (Å²) in [6.07, 6.45) is 3.48. The van der Waals surface area contributed by atoms with Crippen molar-refractivity contribution in [2.45, 2.75) is 45.6 Å². The summed E-state index contributed by atoms with van der Waals surface area (Å²) in [6.45, 7) is 3.99. The zero-order valence-electron chi connectivity index (χ0n) is 7.88. The summed E-state index contributed by atoms with van der Waals surface area (Å²) in [7, 11) is 0. The molecule has 0 spiro atoms. The molecule has 1 N–H and O–H groups in total. The average Bonchev–Trinajstić information content (AvgIpc) is 1.96. The van der Waals surface area contributed by atoms with Crippen molar-refractivity contribution in [3.8, 4) is 6.07 Å². The van der Waals surface area contributed by atoms with Crippen molar-refractivity contribution in [3.63, 3.8) is 0 Å². The molecular formula is C10H17NO. The third-order valence-corrected chi connectivity index (χ3v) is 2.92. The van der Waals surface area contributed by atoms with Crippen LogP contribution in [0.5, 0.6) is 0 Å². The monoisotopic (exact) mass is 167 g/mol. The topological polar surface area (TPSA) is 44.0 Å². The van der Waals surface area contributed by atoms with E-state index in [-0.39, 0.29) is 17.4 Å². The lowest BCUT2D eigenvalue weighted by atomic mass is 9.66. The Morgan fingerprint density at radius 1 is 1.50 bits per heavy atom. The summed E-state index contributed by atoms with van der Waals surface area (Å²) < 4.78 is 0. The van der Waals surface area contributed by atoms with Gasteiger partial charge in [-0.1, -0.05) is 20.3 Å². The predicted molar refractivity (Wildman–Crippen MR) is 47.4 cm³/mol. The van der Waals surface area contributed by atoms with Crippen LogP contribution in [0.3, 0.4) is 0 Å². The van der Waals surface area contributed by atoms with Crippen LogP contribution in [0.1, 0.15) is 39.5 Å². The van der Waals surface area contributed by atoms with E-state index in [0.717, 1.165) is 19.3 Å². The number of hydrogen-bond acceptors (Lipinski definition) is 2. The maximum absolute atomic E-state index is 9.61. The van der Waals surface area contributed by atoms with Crippen LogP contribution in [-0.4, -0.2) is 11.2 Å².